The average molecular weight is 314 g/mol. The van der Waals surface area contributed by atoms with Crippen molar-refractivity contribution in [1.29, 1.82) is 0 Å². The van der Waals surface area contributed by atoms with Gasteiger partial charge < -0.3 is 5.32 Å². The van der Waals surface area contributed by atoms with Crippen LogP contribution in [0.4, 0.5) is 0 Å². The Morgan fingerprint density at radius 3 is 2.94 bits per heavy atom. The van der Waals surface area contributed by atoms with Crippen LogP contribution in [-0.2, 0) is 6.54 Å². The van der Waals surface area contributed by atoms with E-state index in [0.717, 1.165) is 16.8 Å². The van der Waals surface area contributed by atoms with E-state index in [-0.39, 0.29) is 6.04 Å². The van der Waals surface area contributed by atoms with Crippen molar-refractivity contribution in [1.82, 2.24) is 15.1 Å². The average Bonchev–Trinajstić information content (AvgIpc) is 2.91. The Kier molecular flexibility index (Phi) is 4.36. The molecule has 0 aliphatic rings. The lowest BCUT2D eigenvalue weighted by Gasteiger charge is -2.12. The van der Waals surface area contributed by atoms with E-state index in [2.05, 4.69) is 50.9 Å². The van der Waals surface area contributed by atoms with Crippen LogP contribution in [0.25, 0.3) is 0 Å². The quantitative estimate of drug-likeness (QED) is 0.916. The molecule has 0 aliphatic heterocycles. The van der Waals surface area contributed by atoms with E-state index in [1.54, 1.807) is 11.3 Å². The maximum atomic E-state index is 4.38. The number of nitrogens with one attached hydrogen (secondary N) is 1. The molecule has 1 atom stereocenters. The van der Waals surface area contributed by atoms with Crippen molar-refractivity contribution < 1.29 is 0 Å². The summed E-state index contributed by atoms with van der Waals surface area (Å²) in [5.41, 5.74) is 2.49. The zero-order chi connectivity index (χ0) is 12.3. The molecule has 0 saturated heterocycles. The van der Waals surface area contributed by atoms with E-state index >= 15 is 0 Å². The second kappa shape index (κ2) is 5.80. The van der Waals surface area contributed by atoms with Crippen molar-refractivity contribution in [2.45, 2.75) is 25.9 Å². The zero-order valence-electron chi connectivity index (χ0n) is 9.98. The molecule has 92 valence electrons. The lowest BCUT2D eigenvalue weighted by Crippen LogP contribution is -2.16. The topological polar surface area (TPSA) is 29.9 Å². The molecule has 0 amide bonds. The van der Waals surface area contributed by atoms with Gasteiger partial charge in [0.05, 0.1) is 16.0 Å². The van der Waals surface area contributed by atoms with Crippen molar-refractivity contribution in [3.8, 4) is 0 Å². The zero-order valence-corrected chi connectivity index (χ0v) is 12.4. The van der Waals surface area contributed by atoms with Crippen LogP contribution in [0.2, 0.25) is 0 Å². The van der Waals surface area contributed by atoms with Crippen LogP contribution in [0.15, 0.2) is 27.6 Å². The first-order valence-electron chi connectivity index (χ1n) is 5.68. The number of nitrogens with zero attached hydrogens (tertiary/aromatic N) is 2. The van der Waals surface area contributed by atoms with Gasteiger partial charge in [0.25, 0.3) is 0 Å². The van der Waals surface area contributed by atoms with E-state index < -0.39 is 0 Å². The Hall–Kier alpha value is -0.650. The fourth-order valence-electron chi connectivity index (χ4n) is 1.88. The minimum atomic E-state index is 0.225. The standard InChI is InChI=1S/C12H16BrN3S/c1-3-4-16-7-10(6-15-16)12(14-2)9-5-11(13)17-8-9/h5-8,12,14H,3-4H2,1-2H3. The van der Waals surface area contributed by atoms with E-state index in [1.165, 1.54) is 11.1 Å². The Morgan fingerprint density at radius 2 is 2.35 bits per heavy atom. The lowest BCUT2D eigenvalue weighted by molar-refractivity contribution is 0.600. The highest BCUT2D eigenvalue weighted by atomic mass is 79.9. The smallest absolute Gasteiger partial charge is 0.0701 e. The molecule has 0 bridgehead atoms. The molecule has 17 heavy (non-hydrogen) atoms. The van der Waals surface area contributed by atoms with Gasteiger partial charge in [0.1, 0.15) is 0 Å². The first kappa shape index (κ1) is 12.8. The molecular formula is C12H16BrN3S. The van der Waals surface area contributed by atoms with Crippen LogP contribution in [0.1, 0.15) is 30.5 Å². The number of rotatable bonds is 5. The summed E-state index contributed by atoms with van der Waals surface area (Å²) >= 11 is 5.21. The normalized spacial score (nSPS) is 12.9. The fourth-order valence-corrected chi connectivity index (χ4v) is 3.08. The molecule has 2 aromatic heterocycles. The van der Waals surface area contributed by atoms with Crippen molar-refractivity contribution in [3.63, 3.8) is 0 Å². The number of aryl methyl sites for hydroxylation is 1. The highest BCUT2D eigenvalue weighted by molar-refractivity contribution is 9.11. The maximum absolute atomic E-state index is 4.38. The molecule has 0 fully saturated rings. The van der Waals surface area contributed by atoms with Gasteiger partial charge in [0.15, 0.2) is 0 Å². The predicted octanol–water partition coefficient (Wildman–Crippen LogP) is 3.43. The van der Waals surface area contributed by atoms with Crippen LogP contribution in [0, 0.1) is 0 Å². The molecule has 0 saturated carbocycles. The third kappa shape index (κ3) is 2.97. The second-order valence-corrected chi connectivity index (χ2v) is 6.23. The van der Waals surface area contributed by atoms with Crippen LogP contribution in [0.5, 0.6) is 0 Å². The summed E-state index contributed by atoms with van der Waals surface area (Å²) < 4.78 is 3.16. The fraction of sp³-hybridized carbons (Fsp3) is 0.417. The minimum absolute atomic E-state index is 0.225. The molecule has 0 radical (unpaired) electrons. The lowest BCUT2D eigenvalue weighted by atomic mass is 10.1. The summed E-state index contributed by atoms with van der Waals surface area (Å²) in [6.07, 6.45) is 5.17. The molecular weight excluding hydrogens is 298 g/mol. The second-order valence-electron chi connectivity index (χ2n) is 3.94. The molecule has 3 nitrogen and oxygen atoms in total. The monoisotopic (exact) mass is 313 g/mol. The van der Waals surface area contributed by atoms with E-state index in [0.29, 0.717) is 0 Å². The van der Waals surface area contributed by atoms with Crippen LogP contribution in [-0.4, -0.2) is 16.8 Å². The van der Waals surface area contributed by atoms with Gasteiger partial charge in [-0.05, 0) is 46.4 Å². The highest BCUT2D eigenvalue weighted by Gasteiger charge is 2.15. The third-order valence-electron chi connectivity index (χ3n) is 2.65. The minimum Gasteiger partial charge on any atom is -0.309 e. The van der Waals surface area contributed by atoms with Crippen LogP contribution < -0.4 is 5.32 Å². The van der Waals surface area contributed by atoms with E-state index in [4.69, 9.17) is 0 Å². The summed E-state index contributed by atoms with van der Waals surface area (Å²) in [7, 11) is 1.98. The highest BCUT2D eigenvalue weighted by Crippen LogP contribution is 2.28. The van der Waals surface area contributed by atoms with Gasteiger partial charge in [0.2, 0.25) is 0 Å². The largest absolute Gasteiger partial charge is 0.309 e. The number of hydrogen-bond acceptors (Lipinski definition) is 3. The molecule has 0 spiro atoms. The molecule has 0 aromatic carbocycles. The predicted molar refractivity (Wildman–Crippen MR) is 75.4 cm³/mol. The first-order valence-corrected chi connectivity index (χ1v) is 7.35. The Bertz CT molecular complexity index is 478. The SMILES string of the molecule is CCCn1cc(C(NC)c2csc(Br)c2)cn1. The van der Waals surface area contributed by atoms with Crippen LogP contribution >= 0.6 is 27.3 Å². The molecule has 2 aromatic rings. The van der Waals surface area contributed by atoms with E-state index in [9.17, 15) is 0 Å². The van der Waals surface area contributed by atoms with Crippen molar-refractivity contribution in [2.24, 2.45) is 0 Å². The summed E-state index contributed by atoms with van der Waals surface area (Å²) in [4.78, 5) is 0. The number of hydrogen-bond donors (Lipinski definition) is 1. The van der Waals surface area contributed by atoms with Crippen molar-refractivity contribution in [2.75, 3.05) is 7.05 Å². The van der Waals surface area contributed by atoms with Gasteiger partial charge in [-0.3, -0.25) is 4.68 Å². The first-order chi connectivity index (χ1) is 8.24. The molecule has 1 unspecified atom stereocenters. The Balaban J connectivity index is 2.22. The van der Waals surface area contributed by atoms with Crippen molar-refractivity contribution >= 4 is 27.3 Å². The summed E-state index contributed by atoms with van der Waals surface area (Å²) in [5.74, 6) is 0. The van der Waals surface area contributed by atoms with Gasteiger partial charge in [-0.2, -0.15) is 5.10 Å². The van der Waals surface area contributed by atoms with Crippen LogP contribution in [0.3, 0.4) is 0 Å². The summed E-state index contributed by atoms with van der Waals surface area (Å²) in [6, 6.07) is 2.38. The Morgan fingerprint density at radius 1 is 1.53 bits per heavy atom. The Labute approximate surface area is 114 Å². The maximum Gasteiger partial charge on any atom is 0.0701 e. The molecule has 5 heteroatoms. The molecule has 2 rings (SSSR count). The summed E-state index contributed by atoms with van der Waals surface area (Å²) in [5, 5.41) is 9.88. The molecule has 0 aliphatic carbocycles. The van der Waals surface area contributed by atoms with Crippen molar-refractivity contribution in [3.05, 3.63) is 38.8 Å². The van der Waals surface area contributed by atoms with Gasteiger partial charge in [-0.15, -0.1) is 11.3 Å². The van der Waals surface area contributed by atoms with Gasteiger partial charge in [0, 0.05) is 18.3 Å². The van der Waals surface area contributed by atoms with Gasteiger partial charge in [-0.25, -0.2) is 0 Å². The van der Waals surface area contributed by atoms with Gasteiger partial charge >= 0.3 is 0 Å². The molecule has 2 heterocycles. The third-order valence-corrected chi connectivity index (χ3v) is 4.17. The van der Waals surface area contributed by atoms with Gasteiger partial charge in [-0.1, -0.05) is 6.92 Å². The number of halogens is 1. The molecule has 1 N–H and O–H groups in total. The number of thiophene rings is 1. The van der Waals surface area contributed by atoms with E-state index in [1.807, 2.05) is 17.9 Å². The summed E-state index contributed by atoms with van der Waals surface area (Å²) in [6.45, 7) is 3.14. The number of aromatic nitrogens is 2.